The molecule has 14 heavy (non-hydrogen) atoms. The van der Waals surface area contributed by atoms with Gasteiger partial charge in [0.25, 0.3) is 0 Å². The van der Waals surface area contributed by atoms with Gasteiger partial charge in [0.2, 0.25) is 0 Å². The van der Waals surface area contributed by atoms with Gasteiger partial charge in [0, 0.05) is 25.9 Å². The Hall–Kier alpha value is -0.0700. The summed E-state index contributed by atoms with van der Waals surface area (Å²) in [5.41, 5.74) is 0. The molecular weight excluding hydrogens is 202 g/mol. The van der Waals surface area contributed by atoms with Gasteiger partial charge in [0.1, 0.15) is 5.41 Å². The van der Waals surface area contributed by atoms with Gasteiger partial charge in [-0.25, -0.2) is 0 Å². The molecule has 5 heteroatoms. The summed E-state index contributed by atoms with van der Waals surface area (Å²) in [5.74, 6) is -0.373. The molecule has 2 fully saturated rings. The monoisotopic (exact) mass is 217 g/mol. The molecule has 1 atom stereocenters. The maximum absolute atomic E-state index is 11.4. The summed E-state index contributed by atoms with van der Waals surface area (Å²) < 4.78 is 24.4. The quantitative estimate of drug-likeness (QED) is 0.636. The van der Waals surface area contributed by atoms with Crippen molar-refractivity contribution < 1.29 is 14.0 Å². The normalized spacial score (nSPS) is 29.2. The van der Waals surface area contributed by atoms with Crippen molar-refractivity contribution in [3.63, 3.8) is 0 Å². The molecule has 2 saturated heterocycles. The minimum absolute atomic E-state index is 0.373. The second-order valence-corrected chi connectivity index (χ2v) is 4.88. The number of hydrogen-bond acceptors (Lipinski definition) is 4. The Morgan fingerprint density at radius 3 is 2.36 bits per heavy atom. The van der Waals surface area contributed by atoms with E-state index < -0.39 is 11.4 Å². The van der Waals surface area contributed by atoms with Crippen molar-refractivity contribution in [1.82, 2.24) is 4.31 Å². The molecular formula is C9H15NO3S. The van der Waals surface area contributed by atoms with Crippen molar-refractivity contribution in [3.8, 4) is 0 Å². The van der Waals surface area contributed by atoms with E-state index in [4.69, 9.17) is 9.47 Å². The lowest BCUT2D eigenvalue weighted by molar-refractivity contribution is -0.179. The van der Waals surface area contributed by atoms with Crippen molar-refractivity contribution in [2.24, 2.45) is 0 Å². The van der Waals surface area contributed by atoms with Crippen LogP contribution in [0.5, 0.6) is 0 Å². The van der Waals surface area contributed by atoms with E-state index in [2.05, 4.69) is 6.58 Å². The third kappa shape index (κ3) is 1.97. The van der Waals surface area contributed by atoms with Crippen molar-refractivity contribution in [2.45, 2.75) is 18.6 Å². The first-order valence-corrected chi connectivity index (χ1v) is 5.99. The lowest BCUT2D eigenvalue weighted by atomic mass is 10.1. The number of rotatable bonds is 2. The van der Waals surface area contributed by atoms with Gasteiger partial charge < -0.3 is 14.0 Å². The van der Waals surface area contributed by atoms with Crippen molar-refractivity contribution >= 4 is 11.4 Å². The Morgan fingerprint density at radius 2 is 1.86 bits per heavy atom. The van der Waals surface area contributed by atoms with Gasteiger partial charge in [-0.05, 0) is 6.58 Å². The van der Waals surface area contributed by atoms with Gasteiger partial charge in [-0.3, -0.25) is 0 Å². The maximum Gasteiger partial charge on any atom is 0.171 e. The lowest BCUT2D eigenvalue weighted by Crippen LogP contribution is -2.46. The summed E-state index contributed by atoms with van der Waals surface area (Å²) in [6, 6.07) is 0. The summed E-state index contributed by atoms with van der Waals surface area (Å²) >= 11 is -1.04. The molecule has 0 aromatic carbocycles. The summed E-state index contributed by atoms with van der Waals surface area (Å²) in [4.78, 5) is 0. The van der Waals surface area contributed by atoms with E-state index in [9.17, 15) is 4.55 Å². The highest BCUT2D eigenvalue weighted by Gasteiger charge is 2.42. The molecule has 0 aromatic rings. The lowest BCUT2D eigenvalue weighted by Gasteiger charge is -2.36. The predicted octanol–water partition coefficient (Wildman–Crippen LogP) is 0.633. The first-order chi connectivity index (χ1) is 6.76. The fourth-order valence-corrected chi connectivity index (χ4v) is 2.65. The molecule has 0 bridgehead atoms. The van der Waals surface area contributed by atoms with E-state index in [1.807, 2.05) is 4.31 Å². The first-order valence-electron chi connectivity index (χ1n) is 4.82. The van der Waals surface area contributed by atoms with Crippen LogP contribution in [0.1, 0.15) is 12.8 Å². The van der Waals surface area contributed by atoms with Crippen LogP contribution in [0, 0.1) is 0 Å². The molecule has 0 aromatic heterocycles. The van der Waals surface area contributed by atoms with E-state index in [1.54, 1.807) is 0 Å². The Balaban J connectivity index is 1.88. The molecule has 2 aliphatic heterocycles. The third-order valence-corrected chi connectivity index (χ3v) is 3.85. The van der Waals surface area contributed by atoms with E-state index in [-0.39, 0.29) is 5.79 Å². The van der Waals surface area contributed by atoms with E-state index in [1.165, 1.54) is 5.41 Å². The zero-order valence-corrected chi connectivity index (χ0v) is 8.92. The second kappa shape index (κ2) is 4.20. The standard InChI is InChI=1S/C9H15NO3S/c1-2-14(11)10-5-3-9(4-6-10)12-7-8-13-9/h2H,1,3-8H2. The maximum atomic E-state index is 11.4. The molecule has 0 aliphatic carbocycles. The highest BCUT2D eigenvalue weighted by molar-refractivity contribution is 7.92. The van der Waals surface area contributed by atoms with E-state index in [0.29, 0.717) is 13.2 Å². The predicted molar refractivity (Wildman–Crippen MR) is 53.8 cm³/mol. The topological polar surface area (TPSA) is 44.8 Å². The molecule has 2 rings (SSSR count). The zero-order valence-electron chi connectivity index (χ0n) is 8.11. The number of piperidine rings is 1. The molecule has 2 heterocycles. The SMILES string of the molecule is C=C[S+]([O-])N1CCC2(CC1)OCCO2. The average Bonchev–Trinajstić information content (AvgIpc) is 2.67. The Morgan fingerprint density at radius 1 is 1.29 bits per heavy atom. The molecule has 2 aliphatic rings. The van der Waals surface area contributed by atoms with Crippen LogP contribution in [0.25, 0.3) is 0 Å². The van der Waals surface area contributed by atoms with Crippen LogP contribution in [0.2, 0.25) is 0 Å². The van der Waals surface area contributed by atoms with Crippen molar-refractivity contribution in [2.75, 3.05) is 26.3 Å². The van der Waals surface area contributed by atoms with Crippen LogP contribution in [0.4, 0.5) is 0 Å². The van der Waals surface area contributed by atoms with Crippen LogP contribution >= 0.6 is 0 Å². The number of nitrogens with zero attached hydrogens (tertiary/aromatic N) is 1. The summed E-state index contributed by atoms with van der Waals surface area (Å²) in [7, 11) is 0. The number of hydrogen-bond donors (Lipinski definition) is 0. The van der Waals surface area contributed by atoms with Gasteiger partial charge in [-0.2, -0.15) is 0 Å². The van der Waals surface area contributed by atoms with Crippen molar-refractivity contribution in [3.05, 3.63) is 12.0 Å². The van der Waals surface area contributed by atoms with Crippen LogP contribution in [0.15, 0.2) is 12.0 Å². The van der Waals surface area contributed by atoms with Gasteiger partial charge in [0.05, 0.1) is 24.6 Å². The highest BCUT2D eigenvalue weighted by Crippen LogP contribution is 2.32. The summed E-state index contributed by atoms with van der Waals surface area (Å²) in [6.45, 7) is 6.39. The van der Waals surface area contributed by atoms with Crippen LogP contribution in [0.3, 0.4) is 0 Å². The van der Waals surface area contributed by atoms with Gasteiger partial charge >= 0.3 is 0 Å². The molecule has 1 spiro atoms. The minimum atomic E-state index is -1.04. The molecule has 0 radical (unpaired) electrons. The third-order valence-electron chi connectivity index (χ3n) is 2.69. The van der Waals surface area contributed by atoms with Gasteiger partial charge in [-0.1, -0.05) is 0 Å². The smallest absolute Gasteiger partial charge is 0.171 e. The minimum Gasteiger partial charge on any atom is -0.593 e. The van der Waals surface area contributed by atoms with Crippen LogP contribution in [-0.2, 0) is 20.8 Å². The Bertz CT molecular complexity index is 208. The fraction of sp³-hybridized carbons (Fsp3) is 0.778. The van der Waals surface area contributed by atoms with E-state index >= 15 is 0 Å². The second-order valence-electron chi connectivity index (χ2n) is 3.48. The Kier molecular flexibility index (Phi) is 3.14. The van der Waals surface area contributed by atoms with Gasteiger partial charge in [-0.15, -0.1) is 4.31 Å². The molecule has 0 saturated carbocycles. The largest absolute Gasteiger partial charge is 0.593 e. The molecule has 0 amide bonds. The first kappa shape index (κ1) is 10.4. The molecule has 0 N–H and O–H groups in total. The summed E-state index contributed by atoms with van der Waals surface area (Å²) in [5, 5.41) is 1.47. The average molecular weight is 217 g/mol. The van der Waals surface area contributed by atoms with Crippen LogP contribution < -0.4 is 0 Å². The highest BCUT2D eigenvalue weighted by atomic mass is 32.2. The summed E-state index contributed by atoms with van der Waals surface area (Å²) in [6.07, 6.45) is 1.60. The van der Waals surface area contributed by atoms with Crippen LogP contribution in [-0.4, -0.2) is 40.9 Å². The zero-order chi connectivity index (χ0) is 10.0. The van der Waals surface area contributed by atoms with Crippen molar-refractivity contribution in [1.29, 1.82) is 0 Å². The van der Waals surface area contributed by atoms with Gasteiger partial charge in [0.15, 0.2) is 5.79 Å². The molecule has 4 nitrogen and oxygen atoms in total. The Labute approximate surface area is 87.2 Å². The molecule has 1 unspecified atom stereocenters. The number of ether oxygens (including phenoxy) is 2. The fourth-order valence-electron chi connectivity index (χ4n) is 1.90. The van der Waals surface area contributed by atoms with E-state index in [0.717, 1.165) is 25.9 Å². The molecule has 80 valence electrons.